The number of rotatable bonds is 8. The van der Waals surface area contributed by atoms with Crippen LogP contribution in [0.5, 0.6) is 0 Å². The third-order valence-corrected chi connectivity index (χ3v) is 6.33. The first-order chi connectivity index (χ1) is 12.5. The lowest BCUT2D eigenvalue weighted by atomic mass is 9.85. The first kappa shape index (κ1) is 19.2. The third-order valence-electron chi connectivity index (χ3n) is 4.60. The maximum absolute atomic E-state index is 12.2. The molecule has 26 heavy (non-hydrogen) atoms. The van der Waals surface area contributed by atoms with Gasteiger partial charge in [0.05, 0.1) is 11.0 Å². The summed E-state index contributed by atoms with van der Waals surface area (Å²) < 4.78 is 32.9. The molecule has 2 aromatic rings. The van der Waals surface area contributed by atoms with Crippen molar-refractivity contribution in [2.45, 2.75) is 49.7 Å². The van der Waals surface area contributed by atoms with E-state index in [9.17, 15) is 8.42 Å². The summed E-state index contributed by atoms with van der Waals surface area (Å²) in [6.07, 6.45) is 5.01. The summed E-state index contributed by atoms with van der Waals surface area (Å²) in [6.45, 7) is 0.802. The van der Waals surface area contributed by atoms with Gasteiger partial charge in [-0.25, -0.2) is 13.1 Å². The Bertz CT molecular complexity index is 775. The summed E-state index contributed by atoms with van der Waals surface area (Å²) in [5.41, 5.74) is 0. The molecular formula is C16H22ClN5O3S. The minimum Gasteiger partial charge on any atom is -0.370 e. The normalized spacial score (nSPS) is 21.0. The molecular weight excluding hydrogens is 378 g/mol. The highest BCUT2D eigenvalue weighted by molar-refractivity contribution is 7.89. The summed E-state index contributed by atoms with van der Waals surface area (Å²) >= 11 is 5.79. The van der Waals surface area contributed by atoms with Crippen LogP contribution in [-0.2, 0) is 21.4 Å². The molecule has 1 aliphatic carbocycles. The lowest BCUT2D eigenvalue weighted by Crippen LogP contribution is -2.28. The zero-order valence-electron chi connectivity index (χ0n) is 14.3. The Morgan fingerprint density at radius 1 is 1.19 bits per heavy atom. The number of aromatic amines is 1. The molecule has 10 heteroatoms. The molecule has 1 fully saturated rings. The van der Waals surface area contributed by atoms with Crippen LogP contribution in [0, 0.1) is 5.92 Å². The van der Waals surface area contributed by atoms with Crippen LogP contribution >= 0.6 is 11.6 Å². The molecule has 8 nitrogen and oxygen atoms in total. The second kappa shape index (κ2) is 8.90. The fourth-order valence-corrected chi connectivity index (χ4v) is 4.29. The number of hydrogen-bond acceptors (Lipinski definition) is 6. The molecule has 1 heterocycles. The molecule has 142 valence electrons. The molecule has 3 rings (SSSR count). The molecule has 0 saturated heterocycles. The molecule has 0 radical (unpaired) electrons. The number of H-pyrrole nitrogens is 1. The van der Waals surface area contributed by atoms with Gasteiger partial charge in [-0.15, -0.1) is 10.2 Å². The van der Waals surface area contributed by atoms with Crippen molar-refractivity contribution in [1.82, 2.24) is 25.3 Å². The first-order valence-corrected chi connectivity index (χ1v) is 10.5. The van der Waals surface area contributed by atoms with E-state index in [1.807, 2.05) is 0 Å². The molecule has 1 aromatic carbocycles. The Balaban J connectivity index is 1.36. The Kier molecular flexibility index (Phi) is 6.58. The van der Waals surface area contributed by atoms with Crippen molar-refractivity contribution in [1.29, 1.82) is 0 Å². The summed E-state index contributed by atoms with van der Waals surface area (Å²) in [6, 6.07) is 6.17. The largest absolute Gasteiger partial charge is 0.370 e. The first-order valence-electron chi connectivity index (χ1n) is 8.62. The summed E-state index contributed by atoms with van der Waals surface area (Å²) in [5.74, 6) is 1.07. The second-order valence-electron chi connectivity index (χ2n) is 6.42. The summed E-state index contributed by atoms with van der Waals surface area (Å²) in [5, 5.41) is 14.1. The fourth-order valence-electron chi connectivity index (χ4n) is 3.12. The maximum Gasteiger partial charge on any atom is 0.240 e. The minimum absolute atomic E-state index is 0.204. The summed E-state index contributed by atoms with van der Waals surface area (Å²) in [7, 11) is -3.48. The number of hydrogen-bond donors (Lipinski definition) is 2. The highest BCUT2D eigenvalue weighted by atomic mass is 35.5. The number of halogens is 1. The van der Waals surface area contributed by atoms with Gasteiger partial charge in [-0.1, -0.05) is 16.8 Å². The number of aromatic nitrogens is 4. The summed E-state index contributed by atoms with van der Waals surface area (Å²) in [4.78, 5) is 0.237. The van der Waals surface area contributed by atoms with Gasteiger partial charge in [0.25, 0.3) is 0 Å². The maximum atomic E-state index is 12.2. The van der Waals surface area contributed by atoms with E-state index in [4.69, 9.17) is 16.3 Å². The number of nitrogens with zero attached hydrogens (tertiary/aromatic N) is 3. The Morgan fingerprint density at radius 3 is 2.58 bits per heavy atom. The second-order valence-corrected chi connectivity index (χ2v) is 8.63. The van der Waals surface area contributed by atoms with Crippen LogP contribution < -0.4 is 4.72 Å². The Labute approximate surface area is 157 Å². The van der Waals surface area contributed by atoms with Crippen LogP contribution in [-0.4, -0.2) is 41.7 Å². The van der Waals surface area contributed by atoms with Gasteiger partial charge in [0.2, 0.25) is 10.0 Å². The van der Waals surface area contributed by atoms with Crippen LogP contribution in [0.4, 0.5) is 0 Å². The zero-order valence-corrected chi connectivity index (χ0v) is 15.8. The van der Waals surface area contributed by atoms with Crippen LogP contribution in [0.2, 0.25) is 5.02 Å². The highest BCUT2D eigenvalue weighted by Gasteiger charge is 2.22. The van der Waals surface area contributed by atoms with Crippen molar-refractivity contribution >= 4 is 21.6 Å². The van der Waals surface area contributed by atoms with Gasteiger partial charge in [0, 0.05) is 11.6 Å². The third kappa shape index (κ3) is 5.47. The zero-order chi connectivity index (χ0) is 18.4. The van der Waals surface area contributed by atoms with E-state index in [0.29, 0.717) is 29.9 Å². The van der Waals surface area contributed by atoms with Gasteiger partial charge in [0.15, 0.2) is 5.82 Å². The van der Waals surface area contributed by atoms with Gasteiger partial charge < -0.3 is 4.74 Å². The van der Waals surface area contributed by atoms with Crippen LogP contribution in [0.3, 0.4) is 0 Å². The smallest absolute Gasteiger partial charge is 0.240 e. The van der Waals surface area contributed by atoms with Crippen molar-refractivity contribution in [3.05, 3.63) is 35.1 Å². The van der Waals surface area contributed by atoms with E-state index < -0.39 is 10.0 Å². The van der Waals surface area contributed by atoms with Crippen LogP contribution in [0.25, 0.3) is 0 Å². The molecule has 0 bridgehead atoms. The number of benzene rings is 1. The van der Waals surface area contributed by atoms with Gasteiger partial charge in [-0.05, 0) is 62.3 Å². The van der Waals surface area contributed by atoms with E-state index in [2.05, 4.69) is 25.3 Å². The fraction of sp³-hybridized carbons (Fsp3) is 0.562. The molecule has 0 spiro atoms. The van der Waals surface area contributed by atoms with Gasteiger partial charge in [-0.2, -0.15) is 5.21 Å². The van der Waals surface area contributed by atoms with Crippen molar-refractivity contribution in [2.24, 2.45) is 5.92 Å². The van der Waals surface area contributed by atoms with Gasteiger partial charge in [-0.3, -0.25) is 0 Å². The van der Waals surface area contributed by atoms with Crippen LogP contribution in [0.15, 0.2) is 29.2 Å². The van der Waals surface area contributed by atoms with Crippen molar-refractivity contribution in [2.75, 3.05) is 6.54 Å². The molecule has 0 unspecified atom stereocenters. The van der Waals surface area contributed by atoms with E-state index in [1.165, 1.54) is 12.1 Å². The highest BCUT2D eigenvalue weighted by Crippen LogP contribution is 2.28. The molecule has 2 N–H and O–H groups in total. The molecule has 0 atom stereocenters. The average molecular weight is 400 g/mol. The lowest BCUT2D eigenvalue weighted by molar-refractivity contribution is 0.00349. The lowest BCUT2D eigenvalue weighted by Gasteiger charge is -2.28. The molecule has 1 aromatic heterocycles. The van der Waals surface area contributed by atoms with E-state index in [0.717, 1.165) is 32.1 Å². The number of ether oxygens (including phenoxy) is 1. The van der Waals surface area contributed by atoms with Gasteiger partial charge >= 0.3 is 0 Å². The topological polar surface area (TPSA) is 110 Å². The average Bonchev–Trinajstić information content (AvgIpc) is 3.15. The number of nitrogens with one attached hydrogen (secondary N) is 2. The van der Waals surface area contributed by atoms with E-state index >= 15 is 0 Å². The number of sulfonamides is 1. The predicted octanol–water partition coefficient (Wildman–Crippen LogP) is 2.30. The Morgan fingerprint density at radius 2 is 1.92 bits per heavy atom. The quantitative estimate of drug-likeness (QED) is 0.704. The predicted molar refractivity (Wildman–Crippen MR) is 96.0 cm³/mol. The van der Waals surface area contributed by atoms with Crippen molar-refractivity contribution in [3.63, 3.8) is 0 Å². The monoisotopic (exact) mass is 399 g/mol. The van der Waals surface area contributed by atoms with E-state index in [-0.39, 0.29) is 11.0 Å². The van der Waals surface area contributed by atoms with Crippen LogP contribution in [0.1, 0.15) is 37.9 Å². The number of tetrazole rings is 1. The molecule has 1 aliphatic rings. The molecule has 0 amide bonds. The Hall–Kier alpha value is -1.55. The SMILES string of the molecule is O=S(=O)(NCCC1CCC(OCc2nn[nH]n2)CC1)c1ccc(Cl)cc1. The minimum atomic E-state index is -3.48. The molecule has 0 aliphatic heterocycles. The standard InChI is InChI=1S/C16H22ClN5O3S/c17-13-3-7-15(8-4-13)26(23,24)18-10-9-12-1-5-14(6-2-12)25-11-16-19-21-22-20-16/h3-4,7-8,12,14,18H,1-2,5-6,9-11H2,(H,19,20,21,22). The van der Waals surface area contributed by atoms with E-state index in [1.54, 1.807) is 12.1 Å². The van der Waals surface area contributed by atoms with Crippen molar-refractivity contribution < 1.29 is 13.2 Å². The van der Waals surface area contributed by atoms with Crippen molar-refractivity contribution in [3.8, 4) is 0 Å². The molecule has 1 saturated carbocycles. The van der Waals surface area contributed by atoms with Gasteiger partial charge in [0.1, 0.15) is 6.61 Å².